The molecule has 6 heteroatoms. The van der Waals surface area contributed by atoms with Crippen molar-refractivity contribution in [3.63, 3.8) is 0 Å². The molecule has 0 saturated carbocycles. The second-order valence-electron chi connectivity index (χ2n) is 7.47. The molecule has 0 bridgehead atoms. The lowest BCUT2D eigenvalue weighted by molar-refractivity contribution is 0.0766. The van der Waals surface area contributed by atoms with Gasteiger partial charge in [-0.3, -0.25) is 19.7 Å². The van der Waals surface area contributed by atoms with Crippen LogP contribution < -0.4 is 0 Å². The number of fused-ring (bicyclic) bond motifs is 2. The molecular weight excluding hydrogens is 364 g/mol. The zero-order valence-corrected chi connectivity index (χ0v) is 15.8. The van der Waals surface area contributed by atoms with Gasteiger partial charge in [0.25, 0.3) is 5.91 Å². The van der Waals surface area contributed by atoms with Crippen LogP contribution in [0.1, 0.15) is 16.1 Å². The summed E-state index contributed by atoms with van der Waals surface area (Å²) >= 11 is 0. The summed E-state index contributed by atoms with van der Waals surface area (Å²) in [6.07, 6.45) is 3.26. The number of nitrogens with zero attached hydrogens (tertiary/aromatic N) is 4. The Kier molecular flexibility index (Phi) is 4.41. The first-order valence-corrected chi connectivity index (χ1v) is 9.71. The third-order valence-corrected chi connectivity index (χ3v) is 5.55. The van der Waals surface area contributed by atoms with E-state index < -0.39 is 6.10 Å². The van der Waals surface area contributed by atoms with E-state index in [0.717, 1.165) is 16.6 Å². The lowest BCUT2D eigenvalue weighted by atomic mass is 9.99. The molecule has 2 aromatic carbocycles. The molecule has 0 radical (unpaired) electrons. The van der Waals surface area contributed by atoms with Crippen LogP contribution in [-0.4, -0.2) is 50.1 Å². The maximum Gasteiger partial charge on any atom is 0.256 e. The molecule has 1 amide bonds. The highest BCUT2D eigenvalue weighted by atomic mass is 16.3. The summed E-state index contributed by atoms with van der Waals surface area (Å²) in [4.78, 5) is 28.1. The Hall–Kier alpha value is -3.38. The number of carbonyl (C=O) groups is 1. The zero-order valence-electron chi connectivity index (χ0n) is 15.8. The van der Waals surface area contributed by atoms with Crippen LogP contribution in [-0.2, 0) is 6.42 Å². The van der Waals surface area contributed by atoms with Crippen LogP contribution in [0.5, 0.6) is 0 Å². The number of carbonyl (C=O) groups excluding carboxylic acids is 1. The van der Waals surface area contributed by atoms with Crippen LogP contribution >= 0.6 is 0 Å². The summed E-state index contributed by atoms with van der Waals surface area (Å²) in [5.41, 5.74) is 3.68. The number of aliphatic hydroxyl groups is 1. The summed E-state index contributed by atoms with van der Waals surface area (Å²) in [7, 11) is 0. The van der Waals surface area contributed by atoms with Crippen molar-refractivity contribution < 1.29 is 9.90 Å². The van der Waals surface area contributed by atoms with Gasteiger partial charge in [-0.2, -0.15) is 0 Å². The molecule has 0 spiro atoms. The van der Waals surface area contributed by atoms with E-state index in [1.54, 1.807) is 23.4 Å². The number of benzene rings is 2. The number of pyridine rings is 1. The SMILES string of the molecule is O=C(c1cccc2nccnc12)N1C[C@@H](Cc2ccc3ccccc3n2)[C@H](O)C1. The lowest BCUT2D eigenvalue weighted by Gasteiger charge is -2.17. The summed E-state index contributed by atoms with van der Waals surface area (Å²) in [5.74, 6) is -0.169. The Balaban J connectivity index is 1.36. The number of hydrogen-bond donors (Lipinski definition) is 1. The molecule has 144 valence electrons. The molecule has 1 saturated heterocycles. The second-order valence-corrected chi connectivity index (χ2v) is 7.47. The number of aromatic nitrogens is 3. The number of β-amino-alcohol motifs (C(OH)–C–C–N with tert-alkyl or cyclic N) is 1. The minimum atomic E-state index is -0.576. The number of aliphatic hydroxyl groups excluding tert-OH is 1. The predicted octanol–water partition coefficient (Wildman–Crippen LogP) is 2.85. The number of hydrogen-bond acceptors (Lipinski definition) is 5. The van der Waals surface area contributed by atoms with E-state index in [9.17, 15) is 9.90 Å². The van der Waals surface area contributed by atoms with E-state index in [4.69, 9.17) is 4.98 Å². The Morgan fingerprint density at radius 1 is 0.966 bits per heavy atom. The first kappa shape index (κ1) is 17.7. The van der Waals surface area contributed by atoms with Crippen molar-refractivity contribution in [3.05, 3.63) is 78.2 Å². The number of amides is 1. The monoisotopic (exact) mass is 384 g/mol. The highest BCUT2D eigenvalue weighted by molar-refractivity contribution is 6.04. The number of para-hydroxylation sites is 2. The fourth-order valence-electron chi connectivity index (χ4n) is 4.05. The van der Waals surface area contributed by atoms with Crippen molar-refractivity contribution in [2.24, 2.45) is 5.92 Å². The second kappa shape index (κ2) is 7.22. The van der Waals surface area contributed by atoms with Crippen LogP contribution in [0.3, 0.4) is 0 Å². The minimum Gasteiger partial charge on any atom is -0.391 e. The van der Waals surface area contributed by atoms with Gasteiger partial charge < -0.3 is 10.0 Å². The molecule has 2 aromatic heterocycles. The van der Waals surface area contributed by atoms with Gasteiger partial charge in [0.1, 0.15) is 5.52 Å². The van der Waals surface area contributed by atoms with E-state index in [1.165, 1.54) is 0 Å². The summed E-state index contributed by atoms with van der Waals surface area (Å²) in [6, 6.07) is 17.5. The maximum absolute atomic E-state index is 13.1. The van der Waals surface area contributed by atoms with Crippen LogP contribution in [0.2, 0.25) is 0 Å². The van der Waals surface area contributed by atoms with E-state index in [-0.39, 0.29) is 11.8 Å². The molecule has 1 fully saturated rings. The molecule has 1 N–H and O–H groups in total. The highest BCUT2D eigenvalue weighted by Crippen LogP contribution is 2.25. The third-order valence-electron chi connectivity index (χ3n) is 5.55. The first-order chi connectivity index (χ1) is 14.2. The van der Waals surface area contributed by atoms with Gasteiger partial charge in [-0.05, 0) is 30.7 Å². The topological polar surface area (TPSA) is 79.2 Å². The van der Waals surface area contributed by atoms with Gasteiger partial charge in [0, 0.05) is 42.5 Å². The van der Waals surface area contributed by atoms with Gasteiger partial charge in [-0.1, -0.05) is 30.3 Å². The number of rotatable bonds is 3. The van der Waals surface area contributed by atoms with E-state index in [1.807, 2.05) is 42.5 Å². The molecule has 1 aliphatic rings. The molecule has 4 aromatic rings. The van der Waals surface area contributed by atoms with Crippen molar-refractivity contribution >= 4 is 27.8 Å². The van der Waals surface area contributed by atoms with Crippen LogP contribution in [0.25, 0.3) is 21.9 Å². The average Bonchev–Trinajstić information content (AvgIpc) is 3.13. The molecular formula is C23H20N4O2. The standard InChI is InChI=1S/C23H20N4O2/c28-21-14-27(23(29)18-5-3-7-20-22(18)25-11-10-24-20)13-16(21)12-17-9-8-15-4-1-2-6-19(15)26-17/h1-11,16,21,28H,12-14H2/t16-,21-/m1/s1. The van der Waals surface area contributed by atoms with E-state index in [2.05, 4.69) is 16.0 Å². The molecule has 0 aliphatic carbocycles. The lowest BCUT2D eigenvalue weighted by Crippen LogP contribution is -2.30. The molecule has 5 rings (SSSR count). The minimum absolute atomic E-state index is 0.0475. The third kappa shape index (κ3) is 3.32. The van der Waals surface area contributed by atoms with Gasteiger partial charge in [0.05, 0.1) is 22.7 Å². The summed E-state index contributed by atoms with van der Waals surface area (Å²) < 4.78 is 0. The summed E-state index contributed by atoms with van der Waals surface area (Å²) in [5, 5.41) is 11.7. The molecule has 29 heavy (non-hydrogen) atoms. The molecule has 6 nitrogen and oxygen atoms in total. The highest BCUT2D eigenvalue weighted by Gasteiger charge is 2.35. The van der Waals surface area contributed by atoms with Crippen molar-refractivity contribution in [3.8, 4) is 0 Å². The molecule has 3 heterocycles. The zero-order chi connectivity index (χ0) is 19.8. The number of likely N-dealkylation sites (tertiary alicyclic amines) is 1. The van der Waals surface area contributed by atoms with Crippen molar-refractivity contribution in [2.45, 2.75) is 12.5 Å². The molecule has 0 unspecified atom stereocenters. The Morgan fingerprint density at radius 3 is 2.72 bits per heavy atom. The van der Waals surface area contributed by atoms with Gasteiger partial charge in [-0.15, -0.1) is 0 Å². The normalized spacial score (nSPS) is 19.1. The van der Waals surface area contributed by atoms with Gasteiger partial charge >= 0.3 is 0 Å². The quantitative estimate of drug-likeness (QED) is 0.588. The van der Waals surface area contributed by atoms with Crippen molar-refractivity contribution in [1.82, 2.24) is 19.9 Å². The van der Waals surface area contributed by atoms with Gasteiger partial charge in [0.15, 0.2) is 0 Å². The average molecular weight is 384 g/mol. The van der Waals surface area contributed by atoms with E-state index in [0.29, 0.717) is 36.1 Å². The summed E-state index contributed by atoms with van der Waals surface area (Å²) in [6.45, 7) is 0.804. The smallest absolute Gasteiger partial charge is 0.256 e. The van der Waals surface area contributed by atoms with Crippen LogP contribution in [0.4, 0.5) is 0 Å². The van der Waals surface area contributed by atoms with Crippen LogP contribution in [0, 0.1) is 5.92 Å². The fraction of sp³-hybridized carbons (Fsp3) is 0.217. The van der Waals surface area contributed by atoms with Crippen LogP contribution in [0.15, 0.2) is 67.0 Å². The first-order valence-electron chi connectivity index (χ1n) is 9.71. The fourth-order valence-corrected chi connectivity index (χ4v) is 4.05. The molecule has 2 atom stereocenters. The Morgan fingerprint density at radius 2 is 1.79 bits per heavy atom. The Bertz CT molecular complexity index is 1200. The van der Waals surface area contributed by atoms with Gasteiger partial charge in [-0.25, -0.2) is 0 Å². The van der Waals surface area contributed by atoms with Gasteiger partial charge in [0.2, 0.25) is 0 Å². The van der Waals surface area contributed by atoms with E-state index >= 15 is 0 Å². The maximum atomic E-state index is 13.1. The van der Waals surface area contributed by atoms with Crippen molar-refractivity contribution in [2.75, 3.05) is 13.1 Å². The predicted molar refractivity (Wildman–Crippen MR) is 110 cm³/mol. The molecule has 1 aliphatic heterocycles. The Labute approximate surface area is 167 Å². The largest absolute Gasteiger partial charge is 0.391 e. The van der Waals surface area contributed by atoms with Crippen molar-refractivity contribution in [1.29, 1.82) is 0 Å².